The average Bonchev–Trinajstić information content (AvgIpc) is 1.65. The molecular formula is C5H11NO3. The van der Waals surface area contributed by atoms with Crippen LogP contribution in [0.2, 0.25) is 0 Å². The van der Waals surface area contributed by atoms with Gasteiger partial charge in [-0.2, -0.15) is 0 Å². The van der Waals surface area contributed by atoms with Gasteiger partial charge >= 0.3 is 5.97 Å². The third-order valence-corrected chi connectivity index (χ3v) is 0.453. The SMILES string of the molecule is C=CC(=O)OC(C)O.N. The van der Waals surface area contributed by atoms with Gasteiger partial charge in [0.25, 0.3) is 0 Å². The van der Waals surface area contributed by atoms with Crippen LogP contribution in [0.5, 0.6) is 0 Å². The summed E-state index contributed by atoms with van der Waals surface area (Å²) in [7, 11) is 0. The van der Waals surface area contributed by atoms with Crippen LogP contribution in [-0.4, -0.2) is 17.4 Å². The number of aliphatic hydroxyl groups excluding tert-OH is 1. The van der Waals surface area contributed by atoms with Crippen molar-refractivity contribution in [2.45, 2.75) is 13.2 Å². The zero-order valence-corrected chi connectivity index (χ0v) is 5.33. The molecule has 1 unspecified atom stereocenters. The molecule has 9 heavy (non-hydrogen) atoms. The molecule has 0 aromatic heterocycles. The van der Waals surface area contributed by atoms with Crippen molar-refractivity contribution in [3.05, 3.63) is 12.7 Å². The van der Waals surface area contributed by atoms with Crippen molar-refractivity contribution in [2.75, 3.05) is 0 Å². The predicted molar refractivity (Wildman–Crippen MR) is 33.0 cm³/mol. The zero-order chi connectivity index (χ0) is 6.57. The minimum atomic E-state index is -1.04. The van der Waals surface area contributed by atoms with Crippen LogP contribution < -0.4 is 6.15 Å². The maximum atomic E-state index is 10.1. The number of ether oxygens (including phenoxy) is 1. The standard InChI is InChI=1S/C5H8O3.H3N/c1-3-5(7)8-4(2)6;/h3-4,6H,1H2,2H3;1H3. The molecule has 0 saturated carbocycles. The van der Waals surface area contributed by atoms with E-state index < -0.39 is 12.3 Å². The van der Waals surface area contributed by atoms with Crippen molar-refractivity contribution in [3.63, 3.8) is 0 Å². The van der Waals surface area contributed by atoms with Gasteiger partial charge in [-0.05, 0) is 6.92 Å². The summed E-state index contributed by atoms with van der Waals surface area (Å²) in [5, 5.41) is 8.36. The molecule has 0 bridgehead atoms. The summed E-state index contributed by atoms with van der Waals surface area (Å²) in [4.78, 5) is 10.1. The maximum absolute atomic E-state index is 10.1. The van der Waals surface area contributed by atoms with Crippen LogP contribution in [0.1, 0.15) is 6.92 Å². The minimum Gasteiger partial charge on any atom is -0.433 e. The Morgan fingerprint density at radius 2 is 2.33 bits per heavy atom. The zero-order valence-electron chi connectivity index (χ0n) is 5.33. The van der Waals surface area contributed by atoms with Gasteiger partial charge in [0, 0.05) is 6.08 Å². The number of carbonyl (C=O) groups is 1. The highest BCUT2D eigenvalue weighted by atomic mass is 16.6. The smallest absolute Gasteiger partial charge is 0.332 e. The van der Waals surface area contributed by atoms with Crippen molar-refractivity contribution < 1.29 is 14.6 Å². The summed E-state index contributed by atoms with van der Waals surface area (Å²) in [5.41, 5.74) is 0. The first-order valence-electron chi connectivity index (χ1n) is 2.18. The number of carbonyl (C=O) groups excluding carboxylic acids is 1. The van der Waals surface area contributed by atoms with Gasteiger partial charge < -0.3 is 16.0 Å². The van der Waals surface area contributed by atoms with Gasteiger partial charge in [0.1, 0.15) is 0 Å². The van der Waals surface area contributed by atoms with Crippen LogP contribution in [0.15, 0.2) is 12.7 Å². The van der Waals surface area contributed by atoms with E-state index in [1.54, 1.807) is 0 Å². The lowest BCUT2D eigenvalue weighted by Gasteiger charge is -2.01. The van der Waals surface area contributed by atoms with Crippen molar-refractivity contribution in [1.82, 2.24) is 6.15 Å². The van der Waals surface area contributed by atoms with Crippen LogP contribution in [0.4, 0.5) is 0 Å². The van der Waals surface area contributed by atoms with Crippen LogP contribution in [-0.2, 0) is 9.53 Å². The molecule has 0 aliphatic carbocycles. The summed E-state index contributed by atoms with van der Waals surface area (Å²) in [6, 6.07) is 0. The van der Waals surface area contributed by atoms with E-state index in [4.69, 9.17) is 5.11 Å². The van der Waals surface area contributed by atoms with Crippen LogP contribution in [0.3, 0.4) is 0 Å². The Morgan fingerprint density at radius 1 is 1.89 bits per heavy atom. The monoisotopic (exact) mass is 133 g/mol. The molecule has 4 nitrogen and oxygen atoms in total. The molecule has 0 fully saturated rings. The molecule has 4 N–H and O–H groups in total. The highest BCUT2D eigenvalue weighted by molar-refractivity contribution is 5.81. The molecule has 0 aromatic rings. The molecule has 0 rings (SSSR count). The van der Waals surface area contributed by atoms with Gasteiger partial charge in [-0.1, -0.05) is 6.58 Å². The van der Waals surface area contributed by atoms with E-state index in [1.165, 1.54) is 6.92 Å². The van der Waals surface area contributed by atoms with Crippen LogP contribution in [0, 0.1) is 0 Å². The predicted octanol–water partition coefficient (Wildman–Crippen LogP) is 0.216. The molecule has 0 aliphatic heterocycles. The molecule has 0 saturated heterocycles. The lowest BCUT2D eigenvalue weighted by Crippen LogP contribution is -2.10. The van der Waals surface area contributed by atoms with E-state index in [9.17, 15) is 4.79 Å². The summed E-state index contributed by atoms with van der Waals surface area (Å²) >= 11 is 0. The van der Waals surface area contributed by atoms with Crippen molar-refractivity contribution in [2.24, 2.45) is 0 Å². The van der Waals surface area contributed by atoms with Gasteiger partial charge in [0.15, 0.2) is 6.29 Å². The van der Waals surface area contributed by atoms with E-state index in [0.717, 1.165) is 6.08 Å². The Balaban J connectivity index is 0. The topological polar surface area (TPSA) is 81.5 Å². The van der Waals surface area contributed by atoms with E-state index in [-0.39, 0.29) is 6.15 Å². The molecule has 0 heterocycles. The van der Waals surface area contributed by atoms with Gasteiger partial charge in [-0.3, -0.25) is 0 Å². The molecule has 0 aromatic carbocycles. The van der Waals surface area contributed by atoms with Crippen LogP contribution >= 0.6 is 0 Å². The van der Waals surface area contributed by atoms with Gasteiger partial charge in [-0.25, -0.2) is 4.79 Å². The fourth-order valence-electron chi connectivity index (χ4n) is 0.216. The molecule has 0 radical (unpaired) electrons. The lowest BCUT2D eigenvalue weighted by atomic mass is 10.6. The molecule has 1 atom stereocenters. The Kier molecular flexibility index (Phi) is 6.44. The Labute approximate surface area is 53.7 Å². The second kappa shape index (κ2) is 5.27. The third-order valence-electron chi connectivity index (χ3n) is 0.453. The third kappa shape index (κ3) is 7.13. The van der Waals surface area contributed by atoms with Gasteiger partial charge in [0.05, 0.1) is 0 Å². The first kappa shape index (κ1) is 11.0. The summed E-state index contributed by atoms with van der Waals surface area (Å²) in [6.07, 6.45) is -0.0484. The number of esters is 1. The number of hydrogen-bond acceptors (Lipinski definition) is 4. The molecule has 0 aliphatic rings. The fourth-order valence-corrected chi connectivity index (χ4v) is 0.216. The van der Waals surface area contributed by atoms with Gasteiger partial charge in [0.2, 0.25) is 0 Å². The quantitative estimate of drug-likeness (QED) is 0.320. The highest BCUT2D eigenvalue weighted by Gasteiger charge is 1.97. The molecule has 0 amide bonds. The van der Waals surface area contributed by atoms with Crippen LogP contribution in [0.25, 0.3) is 0 Å². The molecular weight excluding hydrogens is 122 g/mol. The maximum Gasteiger partial charge on any atom is 0.332 e. The van der Waals surface area contributed by atoms with E-state index in [2.05, 4.69) is 11.3 Å². The number of rotatable bonds is 2. The van der Waals surface area contributed by atoms with Crippen molar-refractivity contribution in [1.29, 1.82) is 0 Å². The van der Waals surface area contributed by atoms with Crippen molar-refractivity contribution in [3.8, 4) is 0 Å². The fraction of sp³-hybridized carbons (Fsp3) is 0.400. The van der Waals surface area contributed by atoms with E-state index >= 15 is 0 Å². The van der Waals surface area contributed by atoms with Gasteiger partial charge in [-0.15, -0.1) is 0 Å². The highest BCUT2D eigenvalue weighted by Crippen LogP contribution is 1.84. The second-order valence-corrected chi connectivity index (χ2v) is 1.24. The first-order valence-corrected chi connectivity index (χ1v) is 2.18. The second-order valence-electron chi connectivity index (χ2n) is 1.24. The number of aliphatic hydroxyl groups is 1. The normalized spacial score (nSPS) is 10.9. The summed E-state index contributed by atoms with van der Waals surface area (Å²) in [6.45, 7) is 4.48. The minimum absolute atomic E-state index is 0. The molecule has 4 heteroatoms. The van der Waals surface area contributed by atoms with E-state index in [0.29, 0.717) is 0 Å². The Bertz CT molecular complexity index is 100. The molecule has 0 spiro atoms. The summed E-state index contributed by atoms with van der Waals surface area (Å²) in [5.74, 6) is -0.611. The lowest BCUT2D eigenvalue weighted by molar-refractivity contribution is -0.158. The van der Waals surface area contributed by atoms with E-state index in [1.807, 2.05) is 0 Å². The molecule has 54 valence electrons. The number of hydrogen-bond donors (Lipinski definition) is 2. The van der Waals surface area contributed by atoms with Crippen molar-refractivity contribution >= 4 is 5.97 Å². The first-order chi connectivity index (χ1) is 3.66. The largest absolute Gasteiger partial charge is 0.433 e. The Hall–Kier alpha value is -0.870. The Morgan fingerprint density at radius 3 is 2.44 bits per heavy atom. The summed E-state index contributed by atoms with van der Waals surface area (Å²) < 4.78 is 4.20. The average molecular weight is 133 g/mol.